The summed E-state index contributed by atoms with van der Waals surface area (Å²) >= 11 is 0. The van der Waals surface area contributed by atoms with E-state index in [1.165, 1.54) is 0 Å². The molecule has 0 aliphatic rings. The van der Waals surface area contributed by atoms with Gasteiger partial charge in [-0.2, -0.15) is 0 Å². The van der Waals surface area contributed by atoms with Gasteiger partial charge >= 0.3 is 5.91 Å². The van der Waals surface area contributed by atoms with E-state index in [2.05, 4.69) is 52.9 Å². The van der Waals surface area contributed by atoms with Gasteiger partial charge in [-0.15, -0.1) is 0 Å². The number of amides is 1. The van der Waals surface area contributed by atoms with E-state index < -0.39 is 5.91 Å². The molecule has 0 radical (unpaired) electrons. The molecule has 7 heteroatoms. The number of pyridine rings is 1. The summed E-state index contributed by atoms with van der Waals surface area (Å²) in [5.41, 5.74) is 3.95. The molecule has 1 aromatic carbocycles. The largest absolute Gasteiger partial charge is 0.315 e. The van der Waals surface area contributed by atoms with Crippen molar-refractivity contribution < 1.29 is 4.79 Å². The zero-order valence-electron chi connectivity index (χ0n) is 17.6. The van der Waals surface area contributed by atoms with E-state index in [1.54, 1.807) is 49.3 Å². The highest BCUT2D eigenvalue weighted by atomic mass is 16.1. The van der Waals surface area contributed by atoms with Crippen molar-refractivity contribution in [3.8, 4) is 17.7 Å². The Labute approximate surface area is 180 Å². The lowest BCUT2D eigenvalue weighted by Crippen LogP contribution is -2.12. The van der Waals surface area contributed by atoms with Crippen molar-refractivity contribution in [2.75, 3.05) is 5.32 Å². The number of nitrogens with one attached hydrogen (secondary N) is 1. The average Bonchev–Trinajstić information content (AvgIpc) is 3.15. The van der Waals surface area contributed by atoms with Gasteiger partial charge in [0, 0.05) is 35.8 Å². The van der Waals surface area contributed by atoms with Crippen LogP contribution < -0.4 is 5.32 Å². The van der Waals surface area contributed by atoms with Crippen molar-refractivity contribution in [2.45, 2.75) is 27.2 Å². The van der Waals surface area contributed by atoms with Crippen LogP contribution in [0.1, 0.15) is 32.0 Å². The number of hydrogen-bond donors (Lipinski definition) is 1. The molecule has 0 saturated carbocycles. The van der Waals surface area contributed by atoms with Gasteiger partial charge in [0.15, 0.2) is 5.82 Å². The summed E-state index contributed by atoms with van der Waals surface area (Å²) in [5, 5.41) is 2.81. The first-order valence-electron chi connectivity index (χ1n) is 9.89. The van der Waals surface area contributed by atoms with Crippen molar-refractivity contribution >= 4 is 22.6 Å². The second-order valence-corrected chi connectivity index (χ2v) is 8.37. The van der Waals surface area contributed by atoms with E-state index in [9.17, 15) is 4.79 Å². The lowest BCUT2D eigenvalue weighted by atomic mass is 9.91. The zero-order valence-corrected chi connectivity index (χ0v) is 17.6. The summed E-state index contributed by atoms with van der Waals surface area (Å²) in [6.45, 7) is 6.50. The van der Waals surface area contributed by atoms with Crippen molar-refractivity contribution in [1.29, 1.82) is 0 Å². The van der Waals surface area contributed by atoms with Crippen LogP contribution in [0.2, 0.25) is 0 Å². The molecule has 0 spiro atoms. The third-order valence-corrected chi connectivity index (χ3v) is 4.42. The van der Waals surface area contributed by atoms with E-state index in [-0.39, 0.29) is 5.41 Å². The molecule has 0 atom stereocenters. The molecule has 1 amide bonds. The molecule has 0 saturated heterocycles. The Morgan fingerprint density at radius 3 is 2.77 bits per heavy atom. The standard InChI is InChI=1S/C24H22N6O/c1-24(2,3)12-19-14-26-15-22(28-19)30-16-27-20-8-7-18(11-21(20)30)29-23(31)9-6-17-5-4-10-25-13-17/h4-5,7-8,10-11,13-16H,12H2,1-3H3,(H,29,31). The molecule has 0 bridgehead atoms. The third kappa shape index (κ3) is 5.11. The zero-order chi connectivity index (χ0) is 21.8. The predicted octanol–water partition coefficient (Wildman–Crippen LogP) is 3.79. The van der Waals surface area contributed by atoms with Crippen LogP contribution >= 0.6 is 0 Å². The monoisotopic (exact) mass is 410 g/mol. The van der Waals surface area contributed by atoms with Crippen molar-refractivity contribution in [2.24, 2.45) is 5.41 Å². The molecule has 3 aromatic heterocycles. The number of hydrogen-bond acceptors (Lipinski definition) is 5. The molecule has 31 heavy (non-hydrogen) atoms. The molecule has 0 unspecified atom stereocenters. The number of rotatable bonds is 3. The molecule has 3 heterocycles. The highest BCUT2D eigenvalue weighted by molar-refractivity contribution is 6.05. The highest BCUT2D eigenvalue weighted by Crippen LogP contribution is 2.23. The van der Waals surface area contributed by atoms with Crippen molar-refractivity contribution in [3.05, 3.63) is 72.7 Å². The summed E-state index contributed by atoms with van der Waals surface area (Å²) in [5.74, 6) is 5.66. The Hall–Kier alpha value is -4.05. The molecular weight excluding hydrogens is 388 g/mol. The highest BCUT2D eigenvalue weighted by Gasteiger charge is 2.14. The second-order valence-electron chi connectivity index (χ2n) is 8.37. The minimum Gasteiger partial charge on any atom is -0.315 e. The molecule has 4 rings (SSSR count). The summed E-state index contributed by atoms with van der Waals surface area (Å²) < 4.78 is 1.87. The van der Waals surface area contributed by atoms with Crippen LogP contribution in [0.3, 0.4) is 0 Å². The maximum Gasteiger partial charge on any atom is 0.300 e. The fourth-order valence-electron chi connectivity index (χ4n) is 3.14. The van der Waals surface area contributed by atoms with E-state index >= 15 is 0 Å². The average molecular weight is 410 g/mol. The Bertz CT molecular complexity index is 1290. The first kappa shape index (κ1) is 20.2. The fraction of sp³-hybridized carbons (Fsp3) is 0.208. The molecule has 154 valence electrons. The number of anilines is 1. The first-order valence-corrected chi connectivity index (χ1v) is 9.89. The van der Waals surface area contributed by atoms with E-state index in [1.807, 2.05) is 16.7 Å². The molecule has 0 fully saturated rings. The van der Waals surface area contributed by atoms with Gasteiger partial charge in [0.1, 0.15) is 6.33 Å². The Kier molecular flexibility index (Phi) is 5.46. The minimum absolute atomic E-state index is 0.110. The molecule has 0 aliphatic heterocycles. The van der Waals surface area contributed by atoms with Crippen molar-refractivity contribution in [3.63, 3.8) is 0 Å². The molecule has 4 aromatic rings. The van der Waals surface area contributed by atoms with Gasteiger partial charge in [-0.25, -0.2) is 9.97 Å². The van der Waals surface area contributed by atoms with Crippen LogP contribution in [0.15, 0.2) is 61.4 Å². The molecule has 7 nitrogen and oxygen atoms in total. The maximum atomic E-state index is 12.2. The quantitative estimate of drug-likeness (QED) is 0.520. The SMILES string of the molecule is CC(C)(C)Cc1cncc(-n2cnc3ccc(NC(=O)C#Cc4cccnc4)cc32)n1. The van der Waals surface area contributed by atoms with Gasteiger partial charge in [-0.3, -0.25) is 19.3 Å². The Morgan fingerprint density at radius 1 is 1.13 bits per heavy atom. The maximum absolute atomic E-state index is 12.2. The summed E-state index contributed by atoms with van der Waals surface area (Å²) in [6.07, 6.45) is 9.30. The number of benzene rings is 1. The van der Waals surface area contributed by atoms with Gasteiger partial charge in [0.25, 0.3) is 0 Å². The van der Waals surface area contributed by atoms with E-state index in [4.69, 9.17) is 4.98 Å². The minimum atomic E-state index is -0.402. The second kappa shape index (κ2) is 8.36. The summed E-state index contributed by atoms with van der Waals surface area (Å²) in [7, 11) is 0. The summed E-state index contributed by atoms with van der Waals surface area (Å²) in [6, 6.07) is 9.07. The number of carbonyl (C=O) groups excluding carboxylic acids is 1. The number of nitrogens with zero attached hydrogens (tertiary/aromatic N) is 5. The van der Waals surface area contributed by atoms with Gasteiger partial charge in [-0.1, -0.05) is 26.7 Å². The van der Waals surface area contributed by atoms with Gasteiger partial charge in [0.2, 0.25) is 0 Å². The Balaban J connectivity index is 1.59. The lowest BCUT2D eigenvalue weighted by Gasteiger charge is -2.17. The fourth-order valence-corrected chi connectivity index (χ4v) is 3.14. The predicted molar refractivity (Wildman–Crippen MR) is 120 cm³/mol. The van der Waals surface area contributed by atoms with Gasteiger partial charge in [-0.05, 0) is 42.2 Å². The Morgan fingerprint density at radius 2 is 2.00 bits per heavy atom. The number of aromatic nitrogens is 5. The first-order chi connectivity index (χ1) is 14.9. The van der Waals surface area contributed by atoms with Crippen LogP contribution in [0.4, 0.5) is 5.69 Å². The smallest absolute Gasteiger partial charge is 0.300 e. The van der Waals surface area contributed by atoms with Crippen LogP contribution in [0.5, 0.6) is 0 Å². The number of fused-ring (bicyclic) bond motifs is 1. The normalized spacial score (nSPS) is 11.1. The number of imidazole rings is 1. The van der Waals surface area contributed by atoms with Crippen LogP contribution in [-0.4, -0.2) is 30.4 Å². The van der Waals surface area contributed by atoms with E-state index in [0.29, 0.717) is 17.1 Å². The lowest BCUT2D eigenvalue weighted by molar-refractivity contribution is -0.111. The number of carbonyl (C=O) groups is 1. The third-order valence-electron chi connectivity index (χ3n) is 4.42. The van der Waals surface area contributed by atoms with E-state index in [0.717, 1.165) is 23.1 Å². The van der Waals surface area contributed by atoms with Gasteiger partial charge < -0.3 is 5.32 Å². The molecule has 1 N–H and O–H groups in total. The summed E-state index contributed by atoms with van der Waals surface area (Å²) in [4.78, 5) is 29.8. The van der Waals surface area contributed by atoms with Crippen LogP contribution in [0, 0.1) is 17.3 Å². The molecule has 0 aliphatic carbocycles. The van der Waals surface area contributed by atoms with Crippen molar-refractivity contribution in [1.82, 2.24) is 24.5 Å². The van der Waals surface area contributed by atoms with Crippen LogP contribution in [0.25, 0.3) is 16.9 Å². The van der Waals surface area contributed by atoms with Gasteiger partial charge in [0.05, 0.1) is 22.9 Å². The molecular formula is C24H22N6O. The topological polar surface area (TPSA) is 85.6 Å². The van der Waals surface area contributed by atoms with Crippen LogP contribution in [-0.2, 0) is 11.2 Å².